The van der Waals surface area contributed by atoms with Gasteiger partial charge in [0.05, 0.1) is 16.5 Å². The second-order valence-corrected chi connectivity index (χ2v) is 6.65. The molecule has 0 saturated carbocycles. The summed E-state index contributed by atoms with van der Waals surface area (Å²) in [7, 11) is -3.87. The zero-order chi connectivity index (χ0) is 17.7. The Morgan fingerprint density at radius 2 is 1.88 bits per heavy atom. The molecule has 0 saturated heterocycles. The van der Waals surface area contributed by atoms with Crippen molar-refractivity contribution in [2.24, 2.45) is 0 Å². The molecule has 126 valence electrons. The van der Waals surface area contributed by atoms with Gasteiger partial charge in [-0.05, 0) is 42.8 Å². The summed E-state index contributed by atoms with van der Waals surface area (Å²) in [4.78, 5) is -0.0478. The Labute approximate surface area is 138 Å². The maximum absolute atomic E-state index is 12.4. The van der Waals surface area contributed by atoms with E-state index in [1.165, 1.54) is 42.5 Å². The van der Waals surface area contributed by atoms with Crippen molar-refractivity contribution in [2.75, 3.05) is 0 Å². The maximum Gasteiger partial charge on any atom is 0.387 e. The smallest absolute Gasteiger partial charge is 0.387 e. The fourth-order valence-corrected chi connectivity index (χ4v) is 3.34. The summed E-state index contributed by atoms with van der Waals surface area (Å²) in [5.41, 5.74) is 0.686. The first-order chi connectivity index (χ1) is 11.3. The largest absolute Gasteiger partial charge is 0.435 e. The van der Waals surface area contributed by atoms with Gasteiger partial charge in [0.1, 0.15) is 5.75 Å². The van der Waals surface area contributed by atoms with Crippen molar-refractivity contribution < 1.29 is 21.9 Å². The molecule has 1 atom stereocenters. The van der Waals surface area contributed by atoms with Crippen molar-refractivity contribution in [1.82, 2.24) is 4.72 Å². The van der Waals surface area contributed by atoms with Crippen LogP contribution in [0.5, 0.6) is 5.75 Å². The molecule has 0 aliphatic carbocycles. The normalized spacial score (nSPS) is 12.6. The molecule has 2 rings (SSSR count). The predicted molar refractivity (Wildman–Crippen MR) is 83.0 cm³/mol. The highest BCUT2D eigenvalue weighted by atomic mass is 32.2. The monoisotopic (exact) mass is 352 g/mol. The van der Waals surface area contributed by atoms with Crippen LogP contribution >= 0.6 is 0 Å². The van der Waals surface area contributed by atoms with Crippen molar-refractivity contribution in [3.63, 3.8) is 0 Å². The molecule has 0 amide bonds. The van der Waals surface area contributed by atoms with Gasteiger partial charge in [0.25, 0.3) is 0 Å². The van der Waals surface area contributed by atoms with Crippen molar-refractivity contribution in [1.29, 1.82) is 5.26 Å². The van der Waals surface area contributed by atoms with Crippen LogP contribution in [0.3, 0.4) is 0 Å². The van der Waals surface area contributed by atoms with E-state index in [2.05, 4.69) is 9.46 Å². The number of ether oxygens (including phenoxy) is 1. The maximum atomic E-state index is 12.4. The number of benzene rings is 2. The Morgan fingerprint density at radius 1 is 1.17 bits per heavy atom. The number of nitrogens with zero attached hydrogens (tertiary/aromatic N) is 1. The average molecular weight is 352 g/mol. The number of halogens is 2. The average Bonchev–Trinajstić information content (AvgIpc) is 2.54. The van der Waals surface area contributed by atoms with E-state index >= 15 is 0 Å². The van der Waals surface area contributed by atoms with Gasteiger partial charge in [-0.2, -0.15) is 14.0 Å². The molecular weight excluding hydrogens is 338 g/mol. The minimum atomic E-state index is -3.87. The van der Waals surface area contributed by atoms with Crippen molar-refractivity contribution in [3.8, 4) is 11.8 Å². The van der Waals surface area contributed by atoms with Crippen LogP contribution in [0.1, 0.15) is 24.1 Å². The summed E-state index contributed by atoms with van der Waals surface area (Å²) in [6.45, 7) is -1.38. The fraction of sp³-hybridized carbons (Fsp3) is 0.188. The van der Waals surface area contributed by atoms with Crippen LogP contribution in [0.25, 0.3) is 0 Å². The van der Waals surface area contributed by atoms with Gasteiger partial charge in [0, 0.05) is 6.04 Å². The van der Waals surface area contributed by atoms with E-state index in [0.717, 1.165) is 0 Å². The first-order valence-corrected chi connectivity index (χ1v) is 8.37. The lowest BCUT2D eigenvalue weighted by Crippen LogP contribution is -2.27. The Morgan fingerprint density at radius 3 is 2.54 bits per heavy atom. The van der Waals surface area contributed by atoms with E-state index in [4.69, 9.17) is 5.26 Å². The van der Waals surface area contributed by atoms with Crippen LogP contribution in [0.4, 0.5) is 8.78 Å². The molecule has 0 radical (unpaired) electrons. The molecule has 0 aromatic heterocycles. The van der Waals surface area contributed by atoms with Crippen molar-refractivity contribution >= 4 is 10.0 Å². The Kier molecular flexibility index (Phi) is 5.49. The third-order valence-electron chi connectivity index (χ3n) is 3.19. The molecule has 8 heteroatoms. The van der Waals surface area contributed by atoms with Crippen LogP contribution in [0.2, 0.25) is 0 Å². The van der Waals surface area contributed by atoms with E-state index < -0.39 is 22.7 Å². The van der Waals surface area contributed by atoms with Crippen LogP contribution < -0.4 is 9.46 Å². The van der Waals surface area contributed by atoms with Gasteiger partial charge in [-0.25, -0.2) is 13.1 Å². The summed E-state index contributed by atoms with van der Waals surface area (Å²) in [6, 6.07) is 12.6. The van der Waals surface area contributed by atoms with E-state index in [-0.39, 0.29) is 16.2 Å². The fourth-order valence-electron chi connectivity index (χ4n) is 2.06. The molecule has 0 unspecified atom stereocenters. The lowest BCUT2D eigenvalue weighted by Gasteiger charge is -2.16. The topological polar surface area (TPSA) is 79.2 Å². The molecule has 0 bridgehead atoms. The first-order valence-electron chi connectivity index (χ1n) is 6.89. The predicted octanol–water partition coefficient (Wildman–Crippen LogP) is 3.20. The molecule has 2 aromatic carbocycles. The van der Waals surface area contributed by atoms with Gasteiger partial charge >= 0.3 is 6.61 Å². The Bertz CT molecular complexity index is 864. The molecule has 0 spiro atoms. The first kappa shape index (κ1) is 17.8. The second kappa shape index (κ2) is 7.38. The third-order valence-corrected chi connectivity index (χ3v) is 4.73. The molecule has 24 heavy (non-hydrogen) atoms. The minimum absolute atomic E-state index is 0.0478. The molecular formula is C16H14F2N2O3S. The van der Waals surface area contributed by atoms with Gasteiger partial charge in [-0.15, -0.1) is 0 Å². The number of hydrogen-bond acceptors (Lipinski definition) is 4. The molecule has 1 N–H and O–H groups in total. The SMILES string of the molecule is C[C@@H](NS(=O)(=O)c1cccc(C#N)c1)c1cccc(OC(F)F)c1. The number of nitrogens with one attached hydrogen (secondary N) is 1. The van der Waals surface area contributed by atoms with E-state index in [1.54, 1.807) is 13.0 Å². The van der Waals surface area contributed by atoms with Crippen molar-refractivity contribution in [2.45, 2.75) is 24.5 Å². The molecule has 0 fully saturated rings. The molecule has 0 heterocycles. The van der Waals surface area contributed by atoms with Crippen LogP contribution in [0, 0.1) is 11.3 Å². The minimum Gasteiger partial charge on any atom is -0.435 e. The van der Waals surface area contributed by atoms with E-state index in [9.17, 15) is 17.2 Å². The zero-order valence-electron chi connectivity index (χ0n) is 12.6. The standard InChI is InChI=1S/C16H14F2N2O3S/c1-11(13-5-3-6-14(9-13)23-16(17)18)20-24(21,22)15-7-2-4-12(8-15)10-19/h2-9,11,16,20H,1H3/t11-/m1/s1. The highest BCUT2D eigenvalue weighted by Gasteiger charge is 2.19. The van der Waals surface area contributed by atoms with Gasteiger partial charge < -0.3 is 4.74 Å². The molecule has 5 nitrogen and oxygen atoms in total. The third kappa shape index (κ3) is 4.50. The van der Waals surface area contributed by atoms with Gasteiger partial charge in [0.15, 0.2) is 0 Å². The zero-order valence-corrected chi connectivity index (χ0v) is 13.4. The van der Waals surface area contributed by atoms with Crippen LogP contribution in [0.15, 0.2) is 53.4 Å². The number of hydrogen-bond donors (Lipinski definition) is 1. The summed E-state index contributed by atoms with van der Waals surface area (Å²) >= 11 is 0. The lowest BCUT2D eigenvalue weighted by molar-refractivity contribution is -0.0499. The van der Waals surface area contributed by atoms with Gasteiger partial charge in [-0.3, -0.25) is 0 Å². The van der Waals surface area contributed by atoms with E-state index in [1.807, 2.05) is 6.07 Å². The molecule has 2 aromatic rings. The highest BCUT2D eigenvalue weighted by Crippen LogP contribution is 2.22. The quantitative estimate of drug-likeness (QED) is 0.866. The number of rotatable bonds is 6. The summed E-state index contributed by atoms with van der Waals surface area (Å²) in [5, 5.41) is 8.85. The molecule has 0 aliphatic rings. The number of alkyl halides is 2. The number of sulfonamides is 1. The van der Waals surface area contributed by atoms with Gasteiger partial charge in [0.2, 0.25) is 10.0 Å². The van der Waals surface area contributed by atoms with Gasteiger partial charge in [-0.1, -0.05) is 18.2 Å². The lowest BCUT2D eigenvalue weighted by atomic mass is 10.1. The van der Waals surface area contributed by atoms with Crippen LogP contribution in [-0.4, -0.2) is 15.0 Å². The number of nitriles is 1. The van der Waals surface area contributed by atoms with E-state index in [0.29, 0.717) is 5.56 Å². The highest BCUT2D eigenvalue weighted by molar-refractivity contribution is 7.89. The van der Waals surface area contributed by atoms with Crippen LogP contribution in [-0.2, 0) is 10.0 Å². The molecule has 0 aliphatic heterocycles. The summed E-state index contributed by atoms with van der Waals surface area (Å²) in [5.74, 6) is -0.0555. The summed E-state index contributed by atoms with van der Waals surface area (Å²) < 4.78 is 56.0. The van der Waals surface area contributed by atoms with Crippen molar-refractivity contribution in [3.05, 3.63) is 59.7 Å². The Hall–Kier alpha value is -2.50. The Balaban J connectivity index is 2.22. The summed E-state index contributed by atoms with van der Waals surface area (Å²) in [6.07, 6.45) is 0. The second-order valence-electron chi connectivity index (χ2n) is 4.93.